The molecule has 0 rings (SSSR count). The summed E-state index contributed by atoms with van der Waals surface area (Å²) < 4.78 is 0. The molecule has 12 heavy (non-hydrogen) atoms. The molecule has 0 fully saturated rings. The van der Waals surface area contributed by atoms with E-state index in [9.17, 15) is 4.79 Å². The fourth-order valence-electron chi connectivity index (χ4n) is 0.659. The average Bonchev–Trinajstić information content (AvgIpc) is 2.05. The van der Waals surface area contributed by atoms with Gasteiger partial charge in [0.15, 0.2) is 0 Å². The Morgan fingerprint density at radius 2 is 2.00 bits per heavy atom. The first kappa shape index (κ1) is 11.4. The van der Waals surface area contributed by atoms with E-state index in [4.69, 9.17) is 15.9 Å². The Balaban J connectivity index is 3.93. The van der Waals surface area contributed by atoms with E-state index in [1.54, 1.807) is 6.92 Å². The van der Waals surface area contributed by atoms with Gasteiger partial charge in [-0.3, -0.25) is 4.79 Å². The lowest BCUT2D eigenvalue weighted by molar-refractivity contribution is -0.123. The Hall–Kier alpha value is -0.650. The molecule has 0 heterocycles. The highest BCUT2D eigenvalue weighted by Crippen LogP contribution is 2.00. The number of nitrogens with two attached hydrogens (primary N) is 1. The van der Waals surface area contributed by atoms with Crippen molar-refractivity contribution in [2.45, 2.75) is 18.9 Å². The van der Waals surface area contributed by atoms with Gasteiger partial charge in [0.05, 0.1) is 18.8 Å². The molecule has 5 nitrogen and oxygen atoms in total. The lowest BCUT2D eigenvalue weighted by Crippen LogP contribution is -2.52. The topological polar surface area (TPSA) is 95.6 Å². The summed E-state index contributed by atoms with van der Waals surface area (Å²) >= 11 is 0. The standard InChI is InChI=1S/C7H16N2O3/c1-7(4-10,5-11)9-6(12)2-3-8/h10-11H,2-5,8H2,1H3,(H,9,12). The summed E-state index contributed by atoms with van der Waals surface area (Å²) in [6.07, 6.45) is 0.204. The van der Waals surface area contributed by atoms with Crippen molar-refractivity contribution in [3.63, 3.8) is 0 Å². The van der Waals surface area contributed by atoms with Crippen molar-refractivity contribution in [1.29, 1.82) is 0 Å². The molecule has 0 aromatic carbocycles. The maximum absolute atomic E-state index is 11.0. The van der Waals surface area contributed by atoms with Crippen molar-refractivity contribution in [2.75, 3.05) is 19.8 Å². The van der Waals surface area contributed by atoms with Gasteiger partial charge in [0, 0.05) is 13.0 Å². The Morgan fingerprint density at radius 3 is 2.33 bits per heavy atom. The second-order valence-electron chi connectivity index (χ2n) is 2.96. The molecule has 0 aliphatic rings. The molecule has 0 spiro atoms. The first-order valence-electron chi connectivity index (χ1n) is 3.81. The van der Waals surface area contributed by atoms with Crippen molar-refractivity contribution in [3.05, 3.63) is 0 Å². The fraction of sp³-hybridized carbons (Fsp3) is 0.857. The predicted octanol–water partition coefficient (Wildman–Crippen LogP) is -1.81. The van der Waals surface area contributed by atoms with Crippen LogP contribution in [0.15, 0.2) is 0 Å². The quantitative estimate of drug-likeness (QED) is 0.397. The largest absolute Gasteiger partial charge is 0.394 e. The maximum Gasteiger partial charge on any atom is 0.221 e. The Kier molecular flexibility index (Phi) is 4.80. The summed E-state index contributed by atoms with van der Waals surface area (Å²) in [5.74, 6) is -0.261. The third kappa shape index (κ3) is 3.66. The summed E-state index contributed by atoms with van der Waals surface area (Å²) in [7, 11) is 0. The number of amides is 1. The van der Waals surface area contributed by atoms with Crippen LogP contribution in [0.25, 0.3) is 0 Å². The van der Waals surface area contributed by atoms with E-state index < -0.39 is 5.54 Å². The molecule has 0 aliphatic carbocycles. The number of nitrogens with one attached hydrogen (secondary N) is 1. The molecule has 1 amide bonds. The van der Waals surface area contributed by atoms with Crippen molar-refractivity contribution >= 4 is 5.91 Å². The number of hydrogen-bond donors (Lipinski definition) is 4. The van der Waals surface area contributed by atoms with Crippen LogP contribution in [0.4, 0.5) is 0 Å². The van der Waals surface area contributed by atoms with Crippen molar-refractivity contribution in [3.8, 4) is 0 Å². The van der Waals surface area contributed by atoms with Gasteiger partial charge in [-0.2, -0.15) is 0 Å². The van der Waals surface area contributed by atoms with E-state index in [-0.39, 0.29) is 32.1 Å². The van der Waals surface area contributed by atoms with Gasteiger partial charge in [0.25, 0.3) is 0 Å². The van der Waals surface area contributed by atoms with Gasteiger partial charge in [0.2, 0.25) is 5.91 Å². The third-order valence-corrected chi connectivity index (χ3v) is 1.51. The lowest BCUT2D eigenvalue weighted by atomic mass is 10.1. The van der Waals surface area contributed by atoms with Crippen LogP contribution in [0, 0.1) is 0 Å². The molecule has 0 radical (unpaired) electrons. The molecule has 0 aromatic rings. The SMILES string of the molecule is CC(CO)(CO)NC(=O)CCN. The molecule has 5 heteroatoms. The number of aliphatic hydroxyl groups excluding tert-OH is 2. The number of carbonyl (C=O) groups is 1. The van der Waals surface area contributed by atoms with Gasteiger partial charge in [0.1, 0.15) is 0 Å². The summed E-state index contributed by atoms with van der Waals surface area (Å²) in [5, 5.41) is 20.1. The summed E-state index contributed by atoms with van der Waals surface area (Å²) in [4.78, 5) is 11.0. The Bertz CT molecular complexity index is 146. The van der Waals surface area contributed by atoms with Crippen molar-refractivity contribution in [1.82, 2.24) is 5.32 Å². The number of rotatable bonds is 5. The highest BCUT2D eigenvalue weighted by Gasteiger charge is 2.23. The minimum Gasteiger partial charge on any atom is -0.394 e. The van der Waals surface area contributed by atoms with Crippen LogP contribution in [0.1, 0.15) is 13.3 Å². The molecule has 0 aromatic heterocycles. The van der Waals surface area contributed by atoms with Crippen molar-refractivity contribution in [2.24, 2.45) is 5.73 Å². The van der Waals surface area contributed by atoms with Crippen LogP contribution in [-0.4, -0.2) is 41.4 Å². The molecular weight excluding hydrogens is 160 g/mol. The van der Waals surface area contributed by atoms with E-state index in [1.807, 2.05) is 0 Å². The van der Waals surface area contributed by atoms with Crippen LogP contribution in [0.3, 0.4) is 0 Å². The zero-order valence-corrected chi connectivity index (χ0v) is 7.21. The van der Waals surface area contributed by atoms with Gasteiger partial charge in [-0.15, -0.1) is 0 Å². The van der Waals surface area contributed by atoms with Gasteiger partial charge < -0.3 is 21.3 Å². The minimum atomic E-state index is -0.938. The summed E-state index contributed by atoms with van der Waals surface area (Å²) in [6.45, 7) is 1.24. The summed E-state index contributed by atoms with van der Waals surface area (Å²) in [6, 6.07) is 0. The third-order valence-electron chi connectivity index (χ3n) is 1.51. The van der Waals surface area contributed by atoms with E-state index in [0.29, 0.717) is 0 Å². The average molecular weight is 176 g/mol. The second kappa shape index (κ2) is 5.08. The predicted molar refractivity (Wildman–Crippen MR) is 44.4 cm³/mol. The molecule has 72 valence electrons. The molecule has 0 saturated heterocycles. The Morgan fingerprint density at radius 1 is 1.50 bits per heavy atom. The zero-order chi connectivity index (χ0) is 9.61. The lowest BCUT2D eigenvalue weighted by Gasteiger charge is -2.25. The van der Waals surface area contributed by atoms with Crippen LogP contribution in [-0.2, 0) is 4.79 Å². The monoisotopic (exact) mass is 176 g/mol. The van der Waals surface area contributed by atoms with Gasteiger partial charge in [-0.05, 0) is 6.92 Å². The molecule has 0 atom stereocenters. The normalized spacial score (nSPS) is 11.3. The van der Waals surface area contributed by atoms with Crippen LogP contribution in [0.2, 0.25) is 0 Å². The highest BCUT2D eigenvalue weighted by molar-refractivity contribution is 5.76. The van der Waals surface area contributed by atoms with Crippen LogP contribution < -0.4 is 11.1 Å². The van der Waals surface area contributed by atoms with Crippen LogP contribution in [0.5, 0.6) is 0 Å². The first-order chi connectivity index (χ1) is 5.58. The second-order valence-corrected chi connectivity index (χ2v) is 2.96. The van der Waals surface area contributed by atoms with Crippen LogP contribution >= 0.6 is 0 Å². The van der Waals surface area contributed by atoms with Crippen molar-refractivity contribution < 1.29 is 15.0 Å². The molecule has 0 unspecified atom stereocenters. The highest BCUT2D eigenvalue weighted by atomic mass is 16.3. The van der Waals surface area contributed by atoms with E-state index >= 15 is 0 Å². The number of hydrogen-bond acceptors (Lipinski definition) is 4. The maximum atomic E-state index is 11.0. The molecule has 0 bridgehead atoms. The number of carbonyl (C=O) groups excluding carboxylic acids is 1. The van der Waals surface area contributed by atoms with Gasteiger partial charge in [-0.1, -0.05) is 0 Å². The molecular formula is C7H16N2O3. The zero-order valence-electron chi connectivity index (χ0n) is 7.21. The fourth-order valence-corrected chi connectivity index (χ4v) is 0.659. The Labute approximate surface area is 71.6 Å². The summed E-state index contributed by atoms with van der Waals surface area (Å²) in [5.41, 5.74) is 4.21. The smallest absolute Gasteiger partial charge is 0.221 e. The molecule has 0 saturated carbocycles. The minimum absolute atomic E-state index is 0.204. The van der Waals surface area contributed by atoms with E-state index in [0.717, 1.165) is 0 Å². The molecule has 0 aliphatic heterocycles. The number of aliphatic hydroxyl groups is 2. The van der Waals surface area contributed by atoms with Gasteiger partial charge in [-0.25, -0.2) is 0 Å². The van der Waals surface area contributed by atoms with Gasteiger partial charge >= 0.3 is 0 Å². The van der Waals surface area contributed by atoms with E-state index in [1.165, 1.54) is 0 Å². The van der Waals surface area contributed by atoms with E-state index in [2.05, 4.69) is 5.32 Å². The molecule has 5 N–H and O–H groups in total. The first-order valence-corrected chi connectivity index (χ1v) is 3.81.